The van der Waals surface area contributed by atoms with Gasteiger partial charge in [0.2, 0.25) is 5.95 Å². The van der Waals surface area contributed by atoms with E-state index < -0.39 is 0 Å². The van der Waals surface area contributed by atoms with E-state index in [1.807, 2.05) is 36.4 Å². The van der Waals surface area contributed by atoms with Crippen LogP contribution in [0.15, 0.2) is 54.9 Å². The summed E-state index contributed by atoms with van der Waals surface area (Å²) in [5.74, 6) is 1.06. The molecule has 9 heteroatoms. The van der Waals surface area contributed by atoms with E-state index in [0.29, 0.717) is 35.2 Å². The molecule has 0 aliphatic heterocycles. The molecule has 2 unspecified atom stereocenters. The third kappa shape index (κ3) is 4.69. The van der Waals surface area contributed by atoms with E-state index in [4.69, 9.17) is 4.74 Å². The second kappa shape index (κ2) is 9.11. The van der Waals surface area contributed by atoms with E-state index in [-0.39, 0.29) is 18.1 Å². The number of nitrogens with zero attached hydrogens (tertiary/aromatic N) is 4. The Morgan fingerprint density at radius 3 is 2.74 bits per heavy atom. The Bertz CT molecular complexity index is 1340. The monoisotopic (exact) mass is 458 g/mol. The molecule has 3 N–H and O–H groups in total. The molecular weight excluding hydrogens is 432 g/mol. The average molecular weight is 459 g/mol. The molecule has 9 nitrogen and oxygen atoms in total. The smallest absolute Gasteiger partial charge is 0.269 e. The highest BCUT2D eigenvalue weighted by Gasteiger charge is 2.24. The molecule has 0 saturated heterocycles. The Hall–Kier alpha value is -3.98. The van der Waals surface area contributed by atoms with Gasteiger partial charge in [0.1, 0.15) is 17.5 Å². The summed E-state index contributed by atoms with van der Waals surface area (Å²) < 4.78 is 6.02. The van der Waals surface area contributed by atoms with Crippen molar-refractivity contribution in [1.29, 1.82) is 0 Å². The predicted molar refractivity (Wildman–Crippen MR) is 129 cm³/mol. The van der Waals surface area contributed by atoms with Crippen molar-refractivity contribution in [3.63, 3.8) is 0 Å². The summed E-state index contributed by atoms with van der Waals surface area (Å²) in [5.41, 5.74) is 3.56. The highest BCUT2D eigenvalue weighted by atomic mass is 16.5. The van der Waals surface area contributed by atoms with Gasteiger partial charge in [-0.05, 0) is 49.2 Å². The van der Waals surface area contributed by atoms with Crippen molar-refractivity contribution in [3.8, 4) is 17.1 Å². The second-order valence-corrected chi connectivity index (χ2v) is 8.66. The number of aromatic nitrogens is 4. The van der Waals surface area contributed by atoms with Gasteiger partial charge in [0, 0.05) is 55.6 Å². The van der Waals surface area contributed by atoms with Crippen molar-refractivity contribution in [2.24, 2.45) is 0 Å². The third-order valence-corrected chi connectivity index (χ3v) is 5.82. The first-order valence-corrected chi connectivity index (χ1v) is 11.2. The van der Waals surface area contributed by atoms with Gasteiger partial charge in [-0.2, -0.15) is 0 Å². The maximum Gasteiger partial charge on any atom is 0.269 e. The number of benzene rings is 1. The van der Waals surface area contributed by atoms with E-state index in [1.165, 1.54) is 4.90 Å². The fourth-order valence-corrected chi connectivity index (χ4v) is 4.10. The summed E-state index contributed by atoms with van der Waals surface area (Å²) >= 11 is 0. The third-order valence-electron chi connectivity index (χ3n) is 5.82. The summed E-state index contributed by atoms with van der Waals surface area (Å²) in [6.07, 6.45) is 5.36. The number of hydrogen-bond donors (Lipinski definition) is 3. The lowest BCUT2D eigenvalue weighted by atomic mass is 10.2. The Labute approximate surface area is 196 Å². The molecule has 1 amide bonds. The maximum atomic E-state index is 12.2. The lowest BCUT2D eigenvalue weighted by Gasteiger charge is -2.13. The van der Waals surface area contributed by atoms with Crippen LogP contribution in [0.3, 0.4) is 0 Å². The van der Waals surface area contributed by atoms with Crippen LogP contribution in [0.25, 0.3) is 22.3 Å². The normalized spacial score (nSPS) is 17.6. The van der Waals surface area contributed by atoms with Gasteiger partial charge in [-0.1, -0.05) is 0 Å². The number of pyridine rings is 1. The van der Waals surface area contributed by atoms with E-state index in [2.05, 4.69) is 25.3 Å². The molecule has 0 spiro atoms. The molecule has 4 aromatic rings. The summed E-state index contributed by atoms with van der Waals surface area (Å²) in [5, 5.41) is 13.9. The minimum absolute atomic E-state index is 0.0183. The Balaban J connectivity index is 1.34. The molecule has 0 bridgehead atoms. The molecule has 174 valence electrons. The van der Waals surface area contributed by atoms with Gasteiger partial charge < -0.3 is 25.0 Å². The van der Waals surface area contributed by atoms with Gasteiger partial charge in [-0.15, -0.1) is 0 Å². The van der Waals surface area contributed by atoms with Crippen molar-refractivity contribution in [2.45, 2.75) is 31.5 Å². The Morgan fingerprint density at radius 2 is 1.94 bits per heavy atom. The largest absolute Gasteiger partial charge is 0.490 e. The molecule has 1 aliphatic carbocycles. The van der Waals surface area contributed by atoms with Crippen LogP contribution in [-0.4, -0.2) is 62.2 Å². The maximum absolute atomic E-state index is 12.2. The molecule has 5 rings (SSSR count). The van der Waals surface area contributed by atoms with Gasteiger partial charge in [-0.25, -0.2) is 9.97 Å². The van der Waals surface area contributed by atoms with Crippen LogP contribution in [0.4, 0.5) is 11.6 Å². The van der Waals surface area contributed by atoms with Gasteiger partial charge in [0.05, 0.1) is 17.5 Å². The predicted octanol–water partition coefficient (Wildman–Crippen LogP) is 3.76. The second-order valence-electron chi connectivity index (χ2n) is 8.66. The molecule has 3 heterocycles. The lowest BCUT2D eigenvalue weighted by molar-refractivity contribution is 0.0823. The number of hydrogen-bond acceptors (Lipinski definition) is 7. The van der Waals surface area contributed by atoms with Crippen LogP contribution in [-0.2, 0) is 0 Å². The van der Waals surface area contributed by atoms with Crippen molar-refractivity contribution >= 4 is 28.4 Å². The van der Waals surface area contributed by atoms with Crippen molar-refractivity contribution in [2.75, 3.05) is 19.4 Å². The van der Waals surface area contributed by atoms with Crippen LogP contribution < -0.4 is 10.1 Å². The number of nitrogens with one attached hydrogen (secondary N) is 2. The standard InChI is InChI=1S/C25H26N6O3/c1-31(2)24(33)23-12-15-11-16(3-6-20(15)29-23)28-25-27-10-8-21(30-25)22-14-19(7-9-26-22)34-18-5-4-17(32)13-18/h3,6-12,14,17-18,29,32H,4-5,13H2,1-2H3,(H,27,28,30). The molecule has 1 fully saturated rings. The zero-order valence-corrected chi connectivity index (χ0v) is 19.0. The number of H-pyrrole nitrogens is 1. The Morgan fingerprint density at radius 1 is 1.09 bits per heavy atom. The number of carbonyl (C=O) groups excluding carboxylic acids is 1. The number of aliphatic hydroxyl groups excluding tert-OH is 1. The Kier molecular flexibility index (Phi) is 5.85. The van der Waals surface area contributed by atoms with Gasteiger partial charge in [0.15, 0.2) is 0 Å². The minimum atomic E-state index is -0.285. The fraction of sp³-hybridized carbons (Fsp3) is 0.280. The number of anilines is 2. The molecular formula is C25H26N6O3. The number of rotatable bonds is 6. The van der Waals surface area contributed by atoms with E-state index >= 15 is 0 Å². The average Bonchev–Trinajstić information content (AvgIpc) is 3.44. The van der Waals surface area contributed by atoms with Crippen molar-refractivity contribution in [1.82, 2.24) is 24.8 Å². The van der Waals surface area contributed by atoms with E-state index in [1.54, 1.807) is 32.6 Å². The van der Waals surface area contributed by atoms with E-state index in [0.717, 1.165) is 29.4 Å². The van der Waals surface area contributed by atoms with Crippen molar-refractivity contribution < 1.29 is 14.6 Å². The summed E-state index contributed by atoms with van der Waals surface area (Å²) in [7, 11) is 3.45. The van der Waals surface area contributed by atoms with Crippen LogP contribution in [0, 0.1) is 0 Å². The minimum Gasteiger partial charge on any atom is -0.490 e. The number of amides is 1. The summed E-state index contributed by atoms with van der Waals surface area (Å²) in [6.45, 7) is 0. The molecule has 34 heavy (non-hydrogen) atoms. The van der Waals surface area contributed by atoms with Gasteiger partial charge in [0.25, 0.3) is 5.91 Å². The molecule has 1 aliphatic rings. The molecule has 1 aromatic carbocycles. The number of ether oxygens (including phenoxy) is 1. The number of aliphatic hydroxyl groups is 1. The first-order chi connectivity index (χ1) is 16.4. The zero-order valence-electron chi connectivity index (χ0n) is 19.0. The number of carbonyl (C=O) groups is 1. The van der Waals surface area contributed by atoms with Crippen LogP contribution in [0.5, 0.6) is 5.75 Å². The fourth-order valence-electron chi connectivity index (χ4n) is 4.10. The molecule has 0 radical (unpaired) electrons. The van der Waals surface area contributed by atoms with E-state index in [9.17, 15) is 9.90 Å². The molecule has 2 atom stereocenters. The van der Waals surface area contributed by atoms with Crippen LogP contribution in [0.1, 0.15) is 29.8 Å². The highest BCUT2D eigenvalue weighted by molar-refractivity contribution is 5.98. The molecule has 1 saturated carbocycles. The van der Waals surface area contributed by atoms with Gasteiger partial charge in [-0.3, -0.25) is 9.78 Å². The summed E-state index contributed by atoms with van der Waals surface area (Å²) in [4.78, 5) is 30.3. The highest BCUT2D eigenvalue weighted by Crippen LogP contribution is 2.27. The zero-order chi connectivity index (χ0) is 23.7. The topological polar surface area (TPSA) is 116 Å². The quantitative estimate of drug-likeness (QED) is 0.403. The van der Waals surface area contributed by atoms with Crippen LogP contribution >= 0.6 is 0 Å². The summed E-state index contributed by atoms with van der Waals surface area (Å²) in [6, 6.07) is 13.1. The van der Waals surface area contributed by atoms with Gasteiger partial charge >= 0.3 is 0 Å². The number of aromatic amines is 1. The molecule has 3 aromatic heterocycles. The first kappa shape index (κ1) is 21.8. The first-order valence-electron chi connectivity index (χ1n) is 11.2. The number of fused-ring (bicyclic) bond motifs is 1. The SMILES string of the molecule is CN(C)C(=O)c1cc2cc(Nc3nccc(-c4cc(OC5CCC(O)C5)ccn4)n3)ccc2[nH]1. The van der Waals surface area contributed by atoms with Crippen LogP contribution in [0.2, 0.25) is 0 Å². The lowest BCUT2D eigenvalue weighted by Crippen LogP contribution is -2.21. The van der Waals surface area contributed by atoms with Crippen molar-refractivity contribution in [3.05, 3.63) is 60.6 Å².